The molecule has 0 unspecified atom stereocenters. The number of likely N-dealkylation sites (N-methyl/N-ethyl adjacent to an activating group) is 1. The van der Waals surface area contributed by atoms with Crippen LogP contribution in [0.4, 0.5) is 9.18 Å². The molecule has 1 aliphatic rings. The van der Waals surface area contributed by atoms with Gasteiger partial charge in [-0.15, -0.1) is 0 Å². The summed E-state index contributed by atoms with van der Waals surface area (Å²) in [5.41, 5.74) is 0.454. The third-order valence-electron chi connectivity index (χ3n) is 3.79. The average molecular weight is 321 g/mol. The molecule has 23 heavy (non-hydrogen) atoms. The van der Waals surface area contributed by atoms with Gasteiger partial charge in [0.15, 0.2) is 0 Å². The van der Waals surface area contributed by atoms with Gasteiger partial charge < -0.3 is 9.80 Å². The molecule has 0 radical (unpaired) electrons. The van der Waals surface area contributed by atoms with Gasteiger partial charge >= 0.3 is 6.03 Å². The van der Waals surface area contributed by atoms with E-state index < -0.39 is 0 Å². The second-order valence-corrected chi connectivity index (χ2v) is 5.63. The fourth-order valence-corrected chi connectivity index (χ4v) is 2.44. The maximum absolute atomic E-state index is 13.6. The highest BCUT2D eigenvalue weighted by molar-refractivity contribution is 6.01. The summed E-state index contributed by atoms with van der Waals surface area (Å²) in [6.45, 7) is 0.497. The molecule has 0 aliphatic carbocycles. The van der Waals surface area contributed by atoms with Gasteiger partial charge in [0.25, 0.3) is 0 Å². The van der Waals surface area contributed by atoms with E-state index in [0.717, 1.165) is 4.90 Å². The number of carbonyl (C=O) groups excluding carboxylic acids is 3. The maximum Gasteiger partial charge on any atom is 0.326 e. The fourth-order valence-electron chi connectivity index (χ4n) is 2.44. The molecule has 1 heterocycles. The molecule has 1 aromatic carbocycles. The Bertz CT molecular complexity index is 620. The van der Waals surface area contributed by atoms with Crippen molar-refractivity contribution in [2.45, 2.75) is 19.4 Å². The van der Waals surface area contributed by atoms with Gasteiger partial charge in [-0.1, -0.05) is 18.2 Å². The Kier molecular flexibility index (Phi) is 5.31. The van der Waals surface area contributed by atoms with Crippen molar-refractivity contribution in [3.8, 4) is 0 Å². The number of carbonyl (C=O) groups is 3. The third-order valence-corrected chi connectivity index (χ3v) is 3.79. The summed E-state index contributed by atoms with van der Waals surface area (Å²) in [4.78, 5) is 39.3. The van der Waals surface area contributed by atoms with Gasteiger partial charge in [0.1, 0.15) is 12.4 Å². The Morgan fingerprint density at radius 3 is 2.61 bits per heavy atom. The maximum atomic E-state index is 13.6. The van der Waals surface area contributed by atoms with E-state index in [4.69, 9.17) is 0 Å². The van der Waals surface area contributed by atoms with Crippen LogP contribution in [0.3, 0.4) is 0 Å². The molecule has 1 fully saturated rings. The second kappa shape index (κ2) is 7.21. The van der Waals surface area contributed by atoms with E-state index in [0.29, 0.717) is 12.0 Å². The largest absolute Gasteiger partial charge is 0.341 e. The molecule has 1 aromatic rings. The number of urea groups is 1. The Morgan fingerprint density at radius 1 is 1.30 bits per heavy atom. The van der Waals surface area contributed by atoms with Crippen LogP contribution in [0.5, 0.6) is 0 Å². The monoisotopic (exact) mass is 321 g/mol. The first-order chi connectivity index (χ1) is 10.9. The SMILES string of the molecule is CN(Cc1ccccc1F)C(=O)CCCN1C(=O)CN(C)C1=O. The minimum absolute atomic E-state index is 0.0833. The van der Waals surface area contributed by atoms with Crippen LogP contribution in [0.15, 0.2) is 24.3 Å². The van der Waals surface area contributed by atoms with E-state index in [-0.39, 0.29) is 49.7 Å². The molecule has 7 heteroatoms. The predicted molar refractivity (Wildman–Crippen MR) is 81.8 cm³/mol. The van der Waals surface area contributed by atoms with Gasteiger partial charge in [-0.05, 0) is 12.5 Å². The lowest BCUT2D eigenvalue weighted by atomic mass is 10.2. The lowest BCUT2D eigenvalue weighted by Crippen LogP contribution is -2.33. The number of imide groups is 1. The van der Waals surface area contributed by atoms with Crippen molar-refractivity contribution in [3.05, 3.63) is 35.6 Å². The van der Waals surface area contributed by atoms with Crippen LogP contribution < -0.4 is 0 Å². The van der Waals surface area contributed by atoms with Gasteiger partial charge in [-0.25, -0.2) is 9.18 Å². The molecular formula is C16H20FN3O3. The Balaban J connectivity index is 1.80. The number of rotatable bonds is 6. The average Bonchev–Trinajstić information content (AvgIpc) is 2.75. The zero-order valence-electron chi connectivity index (χ0n) is 13.3. The van der Waals surface area contributed by atoms with Crippen LogP contribution in [0.25, 0.3) is 0 Å². The molecule has 4 amide bonds. The minimum Gasteiger partial charge on any atom is -0.341 e. The number of halogens is 1. The molecule has 0 atom stereocenters. The zero-order chi connectivity index (χ0) is 17.0. The Hall–Kier alpha value is -2.44. The van der Waals surface area contributed by atoms with Crippen LogP contribution in [0.1, 0.15) is 18.4 Å². The van der Waals surface area contributed by atoms with Gasteiger partial charge in [-0.3, -0.25) is 14.5 Å². The van der Waals surface area contributed by atoms with E-state index in [9.17, 15) is 18.8 Å². The number of hydrogen-bond donors (Lipinski definition) is 0. The van der Waals surface area contributed by atoms with Crippen LogP contribution in [0.2, 0.25) is 0 Å². The Morgan fingerprint density at radius 2 is 2.00 bits per heavy atom. The van der Waals surface area contributed by atoms with Crippen molar-refractivity contribution in [2.75, 3.05) is 27.2 Å². The first-order valence-electron chi connectivity index (χ1n) is 7.43. The number of benzene rings is 1. The number of amides is 4. The van der Waals surface area contributed by atoms with E-state index in [2.05, 4.69) is 0 Å². The molecule has 0 spiro atoms. The first-order valence-corrected chi connectivity index (χ1v) is 7.43. The van der Waals surface area contributed by atoms with Crippen molar-refractivity contribution in [1.29, 1.82) is 0 Å². The number of hydrogen-bond acceptors (Lipinski definition) is 3. The van der Waals surface area contributed by atoms with Crippen molar-refractivity contribution >= 4 is 17.8 Å². The summed E-state index contributed by atoms with van der Waals surface area (Å²) in [6, 6.07) is 5.98. The van der Waals surface area contributed by atoms with E-state index in [1.54, 1.807) is 32.3 Å². The van der Waals surface area contributed by atoms with Crippen LogP contribution in [-0.2, 0) is 16.1 Å². The number of nitrogens with zero attached hydrogens (tertiary/aromatic N) is 3. The summed E-state index contributed by atoms with van der Waals surface area (Å²) in [5.74, 6) is -0.742. The van der Waals surface area contributed by atoms with Crippen molar-refractivity contribution < 1.29 is 18.8 Å². The van der Waals surface area contributed by atoms with Gasteiger partial charge in [0.05, 0.1) is 0 Å². The molecule has 0 aromatic heterocycles. The van der Waals surface area contributed by atoms with Gasteiger partial charge in [0.2, 0.25) is 11.8 Å². The second-order valence-electron chi connectivity index (χ2n) is 5.63. The fraction of sp³-hybridized carbons (Fsp3) is 0.438. The summed E-state index contributed by atoms with van der Waals surface area (Å²) >= 11 is 0. The molecule has 1 saturated heterocycles. The highest BCUT2D eigenvalue weighted by atomic mass is 19.1. The summed E-state index contributed by atoms with van der Waals surface area (Å²) in [5, 5.41) is 0. The minimum atomic E-state index is -0.344. The van der Waals surface area contributed by atoms with Gasteiger partial charge in [0, 0.05) is 39.2 Å². The quantitative estimate of drug-likeness (QED) is 0.745. The zero-order valence-corrected chi connectivity index (χ0v) is 13.3. The molecule has 0 N–H and O–H groups in total. The molecule has 0 saturated carbocycles. The predicted octanol–water partition coefficient (Wildman–Crippen LogP) is 1.46. The lowest BCUT2D eigenvalue weighted by Gasteiger charge is -2.19. The third kappa shape index (κ3) is 4.06. The lowest BCUT2D eigenvalue weighted by molar-refractivity contribution is -0.131. The van der Waals surface area contributed by atoms with Crippen LogP contribution >= 0.6 is 0 Å². The standard InChI is InChI=1S/C16H20FN3O3/c1-18(10-12-6-3-4-7-13(12)17)14(21)8-5-9-20-15(22)11-19(2)16(20)23/h3-4,6-7H,5,8-11H2,1-2H3. The highest BCUT2D eigenvalue weighted by Gasteiger charge is 2.32. The summed E-state index contributed by atoms with van der Waals surface area (Å²) in [7, 11) is 3.17. The van der Waals surface area contributed by atoms with E-state index in [1.807, 2.05) is 0 Å². The van der Waals surface area contributed by atoms with Crippen molar-refractivity contribution in [3.63, 3.8) is 0 Å². The highest BCUT2D eigenvalue weighted by Crippen LogP contribution is 2.12. The molecule has 0 bridgehead atoms. The summed E-state index contributed by atoms with van der Waals surface area (Å²) in [6.07, 6.45) is 0.595. The molecule has 2 rings (SSSR count). The topological polar surface area (TPSA) is 60.9 Å². The van der Waals surface area contributed by atoms with Gasteiger partial charge in [-0.2, -0.15) is 0 Å². The molecule has 124 valence electrons. The summed E-state index contributed by atoms with van der Waals surface area (Å²) < 4.78 is 13.6. The van der Waals surface area contributed by atoms with Crippen molar-refractivity contribution in [2.24, 2.45) is 0 Å². The van der Waals surface area contributed by atoms with E-state index >= 15 is 0 Å². The Labute approximate surface area is 134 Å². The molecule has 6 nitrogen and oxygen atoms in total. The normalized spacial score (nSPS) is 14.6. The molecule has 1 aliphatic heterocycles. The smallest absolute Gasteiger partial charge is 0.326 e. The van der Waals surface area contributed by atoms with Crippen LogP contribution in [-0.4, -0.2) is 59.7 Å². The van der Waals surface area contributed by atoms with Crippen LogP contribution in [0, 0.1) is 5.82 Å². The van der Waals surface area contributed by atoms with E-state index in [1.165, 1.54) is 15.9 Å². The van der Waals surface area contributed by atoms with Crippen molar-refractivity contribution in [1.82, 2.24) is 14.7 Å². The first kappa shape index (κ1) is 16.9. The molecular weight excluding hydrogens is 301 g/mol.